The van der Waals surface area contributed by atoms with Crippen molar-refractivity contribution in [2.24, 2.45) is 0 Å². The molecule has 1 aliphatic rings. The molecule has 0 spiro atoms. The van der Waals surface area contributed by atoms with Gasteiger partial charge in [0.05, 0.1) is 17.6 Å². The molecular weight excluding hydrogens is 428 g/mol. The fourth-order valence-corrected chi connectivity index (χ4v) is 4.02. The Morgan fingerprint density at radius 2 is 1.85 bits per heavy atom. The fraction of sp³-hybridized carbons (Fsp3) is 0.269. The van der Waals surface area contributed by atoms with Crippen molar-refractivity contribution >= 4 is 23.1 Å². The van der Waals surface area contributed by atoms with Crippen molar-refractivity contribution in [3.63, 3.8) is 0 Å². The average molecular weight is 457 g/mol. The lowest BCUT2D eigenvalue weighted by molar-refractivity contribution is 0.102. The van der Waals surface area contributed by atoms with E-state index in [4.69, 9.17) is 4.74 Å². The second-order valence-corrected chi connectivity index (χ2v) is 8.62. The minimum Gasteiger partial charge on any atom is -0.487 e. The number of aromatic nitrogens is 3. The van der Waals surface area contributed by atoms with Crippen LogP contribution in [-0.4, -0.2) is 58.4 Å². The monoisotopic (exact) mass is 456 g/mol. The maximum absolute atomic E-state index is 12.7. The fourth-order valence-electron chi connectivity index (χ4n) is 4.02. The number of piperazine rings is 1. The zero-order valence-electron chi connectivity index (χ0n) is 19.4. The highest BCUT2D eigenvalue weighted by Gasteiger charge is 2.15. The van der Waals surface area contributed by atoms with Crippen LogP contribution in [0, 0.1) is 6.92 Å². The molecule has 0 bridgehead atoms. The molecule has 1 aromatic carbocycles. The molecule has 0 aliphatic carbocycles. The van der Waals surface area contributed by atoms with E-state index < -0.39 is 0 Å². The summed E-state index contributed by atoms with van der Waals surface area (Å²) in [6.07, 6.45) is 5.65. The topological polar surface area (TPSA) is 75.0 Å². The number of ether oxygens (including phenoxy) is 1. The molecule has 1 aliphatic heterocycles. The number of carbonyl (C=O) groups is 1. The summed E-state index contributed by atoms with van der Waals surface area (Å²) < 4.78 is 7.86. The molecule has 4 aromatic rings. The van der Waals surface area contributed by atoms with E-state index in [0.717, 1.165) is 48.9 Å². The quantitative estimate of drug-likeness (QED) is 0.478. The molecule has 174 valence electrons. The number of carbonyl (C=O) groups excluding carboxylic acids is 1. The molecule has 4 heterocycles. The van der Waals surface area contributed by atoms with Gasteiger partial charge in [0.2, 0.25) is 0 Å². The Labute approximate surface area is 198 Å². The number of rotatable bonds is 6. The van der Waals surface area contributed by atoms with Crippen LogP contribution in [0.4, 0.5) is 11.5 Å². The maximum Gasteiger partial charge on any atom is 0.255 e. The van der Waals surface area contributed by atoms with Crippen LogP contribution in [0.15, 0.2) is 67.1 Å². The maximum atomic E-state index is 12.7. The number of nitrogens with zero attached hydrogens (tertiary/aromatic N) is 5. The lowest BCUT2D eigenvalue weighted by Gasteiger charge is -2.33. The van der Waals surface area contributed by atoms with Crippen molar-refractivity contribution in [2.75, 3.05) is 43.4 Å². The van der Waals surface area contributed by atoms with Gasteiger partial charge in [0.15, 0.2) is 0 Å². The van der Waals surface area contributed by atoms with Gasteiger partial charge < -0.3 is 24.3 Å². The predicted octanol–water partition coefficient (Wildman–Crippen LogP) is 3.62. The summed E-state index contributed by atoms with van der Waals surface area (Å²) in [5, 5.41) is 2.91. The lowest BCUT2D eigenvalue weighted by atomic mass is 10.2. The third kappa shape index (κ3) is 4.87. The number of benzene rings is 1. The van der Waals surface area contributed by atoms with Crippen molar-refractivity contribution in [2.45, 2.75) is 13.5 Å². The first kappa shape index (κ1) is 21.9. The number of amides is 1. The molecule has 5 rings (SSSR count). The average Bonchev–Trinajstić information content (AvgIpc) is 3.29. The highest BCUT2D eigenvalue weighted by molar-refractivity contribution is 6.04. The summed E-state index contributed by atoms with van der Waals surface area (Å²) in [7, 11) is 2.13. The van der Waals surface area contributed by atoms with Crippen LogP contribution in [0.3, 0.4) is 0 Å². The minimum absolute atomic E-state index is 0.184. The Balaban J connectivity index is 1.16. The molecule has 8 heteroatoms. The van der Waals surface area contributed by atoms with Crippen molar-refractivity contribution in [1.82, 2.24) is 19.3 Å². The second-order valence-electron chi connectivity index (χ2n) is 8.62. The molecule has 1 saturated heterocycles. The highest BCUT2D eigenvalue weighted by Crippen LogP contribution is 2.19. The number of anilines is 2. The van der Waals surface area contributed by atoms with Crippen LogP contribution in [0.5, 0.6) is 5.75 Å². The summed E-state index contributed by atoms with van der Waals surface area (Å²) in [5.74, 6) is 1.44. The first-order valence-corrected chi connectivity index (χ1v) is 11.4. The van der Waals surface area contributed by atoms with E-state index in [-0.39, 0.29) is 5.91 Å². The number of hydrogen-bond donors (Lipinski definition) is 1. The Morgan fingerprint density at radius 1 is 1.06 bits per heavy atom. The number of pyridine rings is 2. The Morgan fingerprint density at radius 3 is 2.56 bits per heavy atom. The molecule has 3 aromatic heterocycles. The van der Waals surface area contributed by atoms with Crippen LogP contribution >= 0.6 is 0 Å². The molecule has 1 fully saturated rings. The van der Waals surface area contributed by atoms with Gasteiger partial charge in [0, 0.05) is 44.1 Å². The van der Waals surface area contributed by atoms with E-state index in [1.54, 1.807) is 30.5 Å². The van der Waals surface area contributed by atoms with Gasteiger partial charge in [-0.25, -0.2) is 9.97 Å². The first-order valence-electron chi connectivity index (χ1n) is 11.4. The van der Waals surface area contributed by atoms with E-state index >= 15 is 0 Å². The van der Waals surface area contributed by atoms with Crippen molar-refractivity contribution in [3.05, 3.63) is 83.9 Å². The standard InChI is InChI=1S/C26H28N6O2/c1-19-4-3-11-32-17-22(28-25(19)32)18-34-23-8-5-20(6-9-23)26(33)29-21-7-10-24(27-16-21)31-14-12-30(2)13-15-31/h3-11,16-17H,12-15,18H2,1-2H3,(H,29,33). The third-order valence-corrected chi connectivity index (χ3v) is 6.06. The van der Waals surface area contributed by atoms with Gasteiger partial charge in [0.1, 0.15) is 23.8 Å². The summed E-state index contributed by atoms with van der Waals surface area (Å²) >= 11 is 0. The summed E-state index contributed by atoms with van der Waals surface area (Å²) in [5.41, 5.74) is 4.13. The van der Waals surface area contributed by atoms with Crippen LogP contribution in [-0.2, 0) is 6.61 Å². The van der Waals surface area contributed by atoms with E-state index in [0.29, 0.717) is 23.6 Å². The molecule has 0 saturated carbocycles. The number of likely N-dealkylation sites (N-methyl/N-ethyl adjacent to an activating group) is 1. The number of hydrogen-bond acceptors (Lipinski definition) is 6. The van der Waals surface area contributed by atoms with Gasteiger partial charge in [-0.2, -0.15) is 0 Å². The molecule has 0 atom stereocenters. The van der Waals surface area contributed by atoms with Crippen molar-refractivity contribution in [1.29, 1.82) is 0 Å². The van der Waals surface area contributed by atoms with Gasteiger partial charge in [-0.3, -0.25) is 4.79 Å². The molecular formula is C26H28N6O2. The summed E-state index contributed by atoms with van der Waals surface area (Å²) in [4.78, 5) is 26.4. The Bertz CT molecular complexity index is 1280. The van der Waals surface area contributed by atoms with Gasteiger partial charge in [0.25, 0.3) is 5.91 Å². The zero-order valence-corrected chi connectivity index (χ0v) is 19.4. The van der Waals surface area contributed by atoms with E-state index in [1.165, 1.54) is 0 Å². The predicted molar refractivity (Wildman–Crippen MR) is 133 cm³/mol. The van der Waals surface area contributed by atoms with E-state index in [2.05, 4.69) is 32.1 Å². The summed E-state index contributed by atoms with van der Waals surface area (Å²) in [6.45, 7) is 6.37. The van der Waals surface area contributed by atoms with E-state index in [9.17, 15) is 4.79 Å². The van der Waals surface area contributed by atoms with Gasteiger partial charge >= 0.3 is 0 Å². The van der Waals surface area contributed by atoms with Crippen molar-refractivity contribution in [3.8, 4) is 5.75 Å². The third-order valence-electron chi connectivity index (χ3n) is 6.06. The van der Waals surface area contributed by atoms with Gasteiger partial charge in [-0.05, 0) is 62.0 Å². The minimum atomic E-state index is -0.184. The van der Waals surface area contributed by atoms with Gasteiger partial charge in [-0.15, -0.1) is 0 Å². The number of fused-ring (bicyclic) bond motifs is 1. The summed E-state index contributed by atoms with van der Waals surface area (Å²) in [6, 6.07) is 15.0. The van der Waals surface area contributed by atoms with Crippen LogP contribution < -0.4 is 15.0 Å². The normalized spacial score (nSPS) is 14.4. The molecule has 34 heavy (non-hydrogen) atoms. The lowest BCUT2D eigenvalue weighted by Crippen LogP contribution is -2.44. The highest BCUT2D eigenvalue weighted by atomic mass is 16.5. The number of nitrogens with one attached hydrogen (secondary N) is 1. The van der Waals surface area contributed by atoms with Crippen molar-refractivity contribution < 1.29 is 9.53 Å². The van der Waals surface area contributed by atoms with Gasteiger partial charge in [-0.1, -0.05) is 6.07 Å². The molecule has 0 radical (unpaired) electrons. The SMILES string of the molecule is Cc1cccn2cc(COc3ccc(C(=O)Nc4ccc(N5CCN(C)CC5)nc4)cc3)nc12. The molecule has 0 unspecified atom stereocenters. The molecule has 1 amide bonds. The second kappa shape index (κ2) is 9.52. The number of aryl methyl sites for hydroxylation is 1. The largest absolute Gasteiger partial charge is 0.487 e. The van der Waals surface area contributed by atoms with Crippen LogP contribution in [0.2, 0.25) is 0 Å². The zero-order chi connectivity index (χ0) is 23.5. The Kier molecular flexibility index (Phi) is 6.14. The molecule has 1 N–H and O–H groups in total. The number of imidazole rings is 1. The Hall–Kier alpha value is -3.91. The first-order chi connectivity index (χ1) is 16.5. The van der Waals surface area contributed by atoms with Crippen LogP contribution in [0.1, 0.15) is 21.6 Å². The molecule has 8 nitrogen and oxygen atoms in total. The smallest absolute Gasteiger partial charge is 0.255 e. The van der Waals surface area contributed by atoms with Crippen LogP contribution in [0.25, 0.3) is 5.65 Å². The van der Waals surface area contributed by atoms with E-state index in [1.807, 2.05) is 48.0 Å².